The van der Waals surface area contributed by atoms with E-state index >= 15 is 0 Å². The summed E-state index contributed by atoms with van der Waals surface area (Å²) in [4.78, 5) is 40.8. The molecule has 3 aromatic heterocycles. The van der Waals surface area contributed by atoms with Crippen molar-refractivity contribution in [1.82, 2.24) is 40.2 Å². The van der Waals surface area contributed by atoms with Crippen molar-refractivity contribution in [3.8, 4) is 11.8 Å². The van der Waals surface area contributed by atoms with Gasteiger partial charge in [-0.05, 0) is 75.6 Å². The fourth-order valence-electron chi connectivity index (χ4n) is 7.46. The molecule has 2 atom stereocenters. The van der Waals surface area contributed by atoms with Crippen molar-refractivity contribution in [3.05, 3.63) is 72.3 Å². The minimum absolute atomic E-state index is 0.00321. The van der Waals surface area contributed by atoms with Gasteiger partial charge in [-0.1, -0.05) is 17.3 Å². The summed E-state index contributed by atoms with van der Waals surface area (Å²) in [5.74, 6) is 0.149. The van der Waals surface area contributed by atoms with Gasteiger partial charge in [-0.25, -0.2) is 24.0 Å². The van der Waals surface area contributed by atoms with Crippen LogP contribution in [-0.4, -0.2) is 85.4 Å². The largest absolute Gasteiger partial charge is 0.369 e. The molecular weight excluding hydrogens is 663 g/mol. The molecule has 3 aliphatic rings. The number of carbonyl (C=O) groups excluding carboxylic acids is 2. The van der Waals surface area contributed by atoms with E-state index in [1.165, 1.54) is 18.4 Å². The van der Waals surface area contributed by atoms with E-state index in [0.29, 0.717) is 41.9 Å². The first-order valence-corrected chi connectivity index (χ1v) is 18.0. The van der Waals surface area contributed by atoms with Gasteiger partial charge in [0.2, 0.25) is 11.8 Å². The SMILES string of the molecule is C[C@H](C#N)Nc1cc(Nc2ncncc2F)ncc1-n1cc(C2CCC(CCN3CCN(c4ccc(C5CCC(=O)NC5=O)cc4)CC3)CC2)nn1. The van der Waals surface area contributed by atoms with Crippen LogP contribution in [0.15, 0.2) is 55.2 Å². The molecule has 7 rings (SSSR count). The molecule has 0 bridgehead atoms. The molecule has 1 unspecified atom stereocenters. The highest BCUT2D eigenvalue weighted by atomic mass is 19.1. The van der Waals surface area contributed by atoms with Crippen molar-refractivity contribution in [1.29, 1.82) is 5.26 Å². The fraction of sp³-hybridized carbons (Fsp3) is 0.459. The lowest BCUT2D eigenvalue weighted by Gasteiger charge is -2.37. The predicted octanol–water partition coefficient (Wildman–Crippen LogP) is 4.67. The number of piperazine rings is 1. The lowest BCUT2D eigenvalue weighted by Crippen LogP contribution is -2.47. The van der Waals surface area contributed by atoms with Crippen LogP contribution in [0.4, 0.5) is 27.4 Å². The van der Waals surface area contributed by atoms with Crippen LogP contribution in [0.5, 0.6) is 0 Å². The zero-order valence-corrected chi connectivity index (χ0v) is 29.2. The highest BCUT2D eigenvalue weighted by Crippen LogP contribution is 2.37. The van der Waals surface area contributed by atoms with Crippen LogP contribution >= 0.6 is 0 Å². The molecule has 1 saturated carbocycles. The highest BCUT2D eigenvalue weighted by Gasteiger charge is 2.29. The van der Waals surface area contributed by atoms with Crippen molar-refractivity contribution in [2.24, 2.45) is 5.92 Å². The molecule has 0 spiro atoms. The normalized spacial score (nSPS) is 21.6. The minimum Gasteiger partial charge on any atom is -0.369 e. The number of pyridine rings is 1. The van der Waals surface area contributed by atoms with Crippen molar-refractivity contribution in [3.63, 3.8) is 0 Å². The second-order valence-corrected chi connectivity index (χ2v) is 13.9. The number of anilines is 4. The second kappa shape index (κ2) is 15.8. The molecule has 2 aliphatic heterocycles. The summed E-state index contributed by atoms with van der Waals surface area (Å²) in [7, 11) is 0. The van der Waals surface area contributed by atoms with Gasteiger partial charge < -0.3 is 15.5 Å². The number of hydrogen-bond acceptors (Lipinski definition) is 12. The van der Waals surface area contributed by atoms with Crippen molar-refractivity contribution in [2.75, 3.05) is 48.3 Å². The molecule has 4 aromatic rings. The number of nitrogens with zero attached hydrogens (tertiary/aromatic N) is 9. The van der Waals surface area contributed by atoms with E-state index in [-0.39, 0.29) is 23.6 Å². The maximum atomic E-state index is 14.1. The molecule has 14 nitrogen and oxygen atoms in total. The summed E-state index contributed by atoms with van der Waals surface area (Å²) in [5, 5.41) is 26.9. The number of aromatic nitrogens is 6. The summed E-state index contributed by atoms with van der Waals surface area (Å²) in [6.07, 6.45) is 12.5. The van der Waals surface area contributed by atoms with E-state index in [0.717, 1.165) is 75.9 Å². The van der Waals surface area contributed by atoms with Gasteiger partial charge in [-0.2, -0.15) is 5.26 Å². The highest BCUT2D eigenvalue weighted by molar-refractivity contribution is 6.00. The lowest BCUT2D eigenvalue weighted by atomic mass is 9.79. The fourth-order valence-corrected chi connectivity index (χ4v) is 7.46. The molecule has 270 valence electrons. The molecule has 3 fully saturated rings. The first kappa shape index (κ1) is 34.9. The van der Waals surface area contributed by atoms with E-state index in [2.05, 4.69) is 69.2 Å². The van der Waals surface area contributed by atoms with Crippen molar-refractivity contribution < 1.29 is 14.0 Å². The van der Waals surface area contributed by atoms with E-state index in [1.807, 2.05) is 18.3 Å². The van der Waals surface area contributed by atoms with Crippen molar-refractivity contribution >= 4 is 34.8 Å². The number of nitrogens with one attached hydrogen (secondary N) is 3. The topological polar surface area (TPSA) is 170 Å². The van der Waals surface area contributed by atoms with Gasteiger partial charge in [0.25, 0.3) is 0 Å². The predicted molar refractivity (Wildman–Crippen MR) is 193 cm³/mol. The number of benzene rings is 1. The first-order valence-electron chi connectivity index (χ1n) is 18.0. The van der Waals surface area contributed by atoms with Crippen LogP contribution < -0.4 is 20.9 Å². The minimum atomic E-state index is -0.601. The Hall–Kier alpha value is -5.49. The Morgan fingerprint density at radius 2 is 1.83 bits per heavy atom. The Morgan fingerprint density at radius 3 is 2.56 bits per heavy atom. The molecular formula is C37H43FN12O2. The van der Waals surface area contributed by atoms with Crippen LogP contribution in [-0.2, 0) is 9.59 Å². The smallest absolute Gasteiger partial charge is 0.234 e. The number of carbonyl (C=O) groups is 2. The third kappa shape index (κ3) is 8.18. The Kier molecular flexibility index (Phi) is 10.6. The molecule has 52 heavy (non-hydrogen) atoms. The zero-order valence-electron chi connectivity index (χ0n) is 29.2. The lowest BCUT2D eigenvalue weighted by molar-refractivity contribution is -0.134. The molecule has 2 amide bonds. The number of nitriles is 1. The van der Waals surface area contributed by atoms with Gasteiger partial charge in [0, 0.05) is 50.3 Å². The number of rotatable bonds is 11. The molecule has 2 saturated heterocycles. The van der Waals surface area contributed by atoms with Crippen LogP contribution in [0.2, 0.25) is 0 Å². The number of halogens is 1. The van der Waals surface area contributed by atoms with E-state index < -0.39 is 11.9 Å². The van der Waals surface area contributed by atoms with E-state index in [9.17, 15) is 19.2 Å². The zero-order chi connectivity index (χ0) is 36.0. The van der Waals surface area contributed by atoms with Crippen LogP contribution in [0.3, 0.4) is 0 Å². The Balaban J connectivity index is 0.881. The molecule has 1 aromatic carbocycles. The van der Waals surface area contributed by atoms with E-state index in [4.69, 9.17) is 0 Å². The van der Waals surface area contributed by atoms with Gasteiger partial charge in [0.05, 0.1) is 42.0 Å². The van der Waals surface area contributed by atoms with Crippen molar-refractivity contribution in [2.45, 2.75) is 69.7 Å². The first-order chi connectivity index (χ1) is 25.3. The number of hydrogen-bond donors (Lipinski definition) is 3. The Labute approximate surface area is 301 Å². The molecule has 0 radical (unpaired) electrons. The Morgan fingerprint density at radius 1 is 1.04 bits per heavy atom. The average molecular weight is 707 g/mol. The number of piperidine rings is 1. The maximum absolute atomic E-state index is 14.1. The number of imide groups is 1. The summed E-state index contributed by atoms with van der Waals surface area (Å²) in [5.41, 5.74) is 4.33. The second-order valence-electron chi connectivity index (χ2n) is 13.9. The van der Waals surface area contributed by atoms with Gasteiger partial charge in [-0.15, -0.1) is 5.10 Å². The third-order valence-corrected chi connectivity index (χ3v) is 10.5. The van der Waals surface area contributed by atoms with Crippen LogP contribution in [0.25, 0.3) is 5.69 Å². The van der Waals surface area contributed by atoms with Gasteiger partial charge in [-0.3, -0.25) is 19.8 Å². The van der Waals surface area contributed by atoms with Gasteiger partial charge in [0.15, 0.2) is 11.6 Å². The Bertz CT molecular complexity index is 1910. The molecule has 3 N–H and O–H groups in total. The quantitative estimate of drug-likeness (QED) is 0.185. The van der Waals surface area contributed by atoms with Gasteiger partial charge in [0.1, 0.15) is 23.9 Å². The van der Waals surface area contributed by atoms with Crippen LogP contribution in [0, 0.1) is 23.1 Å². The molecule has 5 heterocycles. The number of amides is 2. The van der Waals surface area contributed by atoms with Gasteiger partial charge >= 0.3 is 0 Å². The molecule has 1 aliphatic carbocycles. The third-order valence-electron chi connectivity index (χ3n) is 10.5. The molecule has 15 heteroatoms. The maximum Gasteiger partial charge on any atom is 0.234 e. The summed E-state index contributed by atoms with van der Waals surface area (Å²) >= 11 is 0. The van der Waals surface area contributed by atoms with E-state index in [1.54, 1.807) is 23.9 Å². The monoisotopic (exact) mass is 706 g/mol. The van der Waals surface area contributed by atoms with Crippen LogP contribution in [0.1, 0.15) is 75.0 Å². The standard InChI is InChI=1S/C37H43FN12O2/c1-24(19-39)43-31-18-34(44-36-30(38)20-40-23-42-36)41-21-33(31)50-22-32(46-47-50)27-4-2-25(3-5-27)12-13-48-14-16-49(17-15-48)28-8-6-26(7-9-28)29-10-11-35(51)45-37(29)52/h6-9,18,20-25,27,29H,2-5,10-17H2,1H3,(H,45,51,52)(H2,40,41,42,43,44)/t24-,25?,27?,29?/m1/s1. The summed E-state index contributed by atoms with van der Waals surface area (Å²) in [6.45, 7) is 6.86. The summed E-state index contributed by atoms with van der Waals surface area (Å²) in [6, 6.07) is 11.7. The average Bonchev–Trinajstić information content (AvgIpc) is 3.66. The summed E-state index contributed by atoms with van der Waals surface area (Å²) < 4.78 is 15.8.